The highest BCUT2D eigenvalue weighted by molar-refractivity contribution is 9.10. The first-order chi connectivity index (χ1) is 13.1. The number of benzene rings is 2. The van der Waals surface area contributed by atoms with Crippen LogP contribution in [0.2, 0.25) is 0 Å². The molecule has 5 nitrogen and oxygen atoms in total. The number of carbonyl (C=O) groups excluding carboxylic acids is 1. The molecular weight excluding hydrogens is 428 g/mol. The minimum absolute atomic E-state index is 0.267. The van der Waals surface area contributed by atoms with Crippen LogP contribution in [0, 0.1) is 0 Å². The van der Waals surface area contributed by atoms with E-state index in [1.54, 1.807) is 26.4 Å². The van der Waals surface area contributed by atoms with Gasteiger partial charge >= 0.3 is 0 Å². The van der Waals surface area contributed by atoms with Gasteiger partial charge in [0.05, 0.1) is 19.9 Å². The Labute approximate surface area is 169 Å². The number of aromatic nitrogens is 1. The molecule has 0 fully saturated rings. The maximum Gasteiger partial charge on any atom is 0.250 e. The number of carbonyl (C=O) groups is 1. The molecule has 27 heavy (non-hydrogen) atoms. The highest BCUT2D eigenvalue weighted by Gasteiger charge is 2.09. The first-order valence-electron chi connectivity index (χ1n) is 8.02. The van der Waals surface area contributed by atoms with Crippen molar-refractivity contribution >= 4 is 44.4 Å². The fraction of sp³-hybridized carbons (Fsp3) is 0.100. The van der Waals surface area contributed by atoms with Gasteiger partial charge in [-0.25, -0.2) is 4.98 Å². The van der Waals surface area contributed by atoms with Gasteiger partial charge in [-0.05, 0) is 24.3 Å². The molecule has 0 unspecified atom stereocenters. The van der Waals surface area contributed by atoms with Crippen molar-refractivity contribution in [3.63, 3.8) is 0 Å². The van der Waals surface area contributed by atoms with Crippen molar-refractivity contribution in [2.45, 2.75) is 0 Å². The molecule has 0 spiro atoms. The number of rotatable bonds is 6. The van der Waals surface area contributed by atoms with Crippen LogP contribution >= 0.6 is 27.3 Å². The fourth-order valence-electron chi connectivity index (χ4n) is 2.44. The lowest BCUT2D eigenvalue weighted by atomic mass is 10.1. The van der Waals surface area contributed by atoms with Crippen molar-refractivity contribution < 1.29 is 14.3 Å². The number of amides is 1. The van der Waals surface area contributed by atoms with Crippen molar-refractivity contribution in [2.24, 2.45) is 0 Å². The molecule has 138 valence electrons. The molecule has 0 saturated heterocycles. The maximum atomic E-state index is 12.2. The van der Waals surface area contributed by atoms with Gasteiger partial charge in [-0.2, -0.15) is 0 Å². The monoisotopic (exact) mass is 444 g/mol. The zero-order valence-corrected chi connectivity index (χ0v) is 17.1. The summed E-state index contributed by atoms with van der Waals surface area (Å²) in [7, 11) is 3.14. The summed E-state index contributed by atoms with van der Waals surface area (Å²) >= 11 is 4.79. The van der Waals surface area contributed by atoms with Gasteiger partial charge in [0.15, 0.2) is 16.6 Å². The summed E-state index contributed by atoms with van der Waals surface area (Å²) in [6.07, 6.45) is 3.12. The Morgan fingerprint density at radius 1 is 1.15 bits per heavy atom. The zero-order valence-electron chi connectivity index (χ0n) is 14.7. The van der Waals surface area contributed by atoms with Crippen LogP contribution in [0.3, 0.4) is 0 Å². The van der Waals surface area contributed by atoms with Gasteiger partial charge in [-0.15, -0.1) is 11.3 Å². The molecule has 0 atom stereocenters. The fourth-order valence-corrected chi connectivity index (χ4v) is 3.43. The average molecular weight is 445 g/mol. The van der Waals surface area contributed by atoms with Crippen LogP contribution in [0.1, 0.15) is 5.56 Å². The molecule has 1 aromatic heterocycles. The number of para-hydroxylation sites is 1. The Morgan fingerprint density at radius 2 is 1.93 bits per heavy atom. The SMILES string of the molecule is COc1cccc(/C=C/C(=O)Nc2nc(-c3ccc(Br)cc3)cs2)c1OC. The topological polar surface area (TPSA) is 60.5 Å². The second kappa shape index (κ2) is 8.83. The number of hydrogen-bond donors (Lipinski definition) is 1. The van der Waals surface area contributed by atoms with Crippen molar-refractivity contribution in [2.75, 3.05) is 19.5 Å². The van der Waals surface area contributed by atoms with Crippen LogP contribution in [0.25, 0.3) is 17.3 Å². The Kier molecular flexibility index (Phi) is 6.26. The molecular formula is C20H17BrN2O3S. The van der Waals surface area contributed by atoms with Gasteiger partial charge in [0.25, 0.3) is 0 Å². The smallest absolute Gasteiger partial charge is 0.250 e. The minimum atomic E-state index is -0.267. The van der Waals surface area contributed by atoms with Crippen molar-refractivity contribution in [1.29, 1.82) is 0 Å². The molecule has 3 rings (SSSR count). The van der Waals surface area contributed by atoms with Crippen molar-refractivity contribution in [3.8, 4) is 22.8 Å². The standard InChI is InChI=1S/C20H17BrN2O3S/c1-25-17-5-3-4-14(19(17)26-2)8-11-18(24)23-20-22-16(12-27-20)13-6-9-15(21)10-7-13/h3-12H,1-2H3,(H,22,23,24)/b11-8+. The largest absolute Gasteiger partial charge is 0.493 e. The van der Waals surface area contributed by atoms with E-state index in [1.165, 1.54) is 17.4 Å². The van der Waals surface area contributed by atoms with Gasteiger partial charge in [-0.3, -0.25) is 10.1 Å². The predicted octanol–water partition coefficient (Wildman–Crippen LogP) is 5.24. The van der Waals surface area contributed by atoms with Crippen molar-refractivity contribution in [1.82, 2.24) is 4.98 Å². The van der Waals surface area contributed by atoms with E-state index >= 15 is 0 Å². The summed E-state index contributed by atoms with van der Waals surface area (Å²) in [4.78, 5) is 16.7. The van der Waals surface area contributed by atoms with Gasteiger partial charge in [0, 0.05) is 27.1 Å². The quantitative estimate of drug-likeness (QED) is 0.527. The third kappa shape index (κ3) is 4.75. The van der Waals surface area contributed by atoms with Crippen molar-refractivity contribution in [3.05, 3.63) is 64.0 Å². The van der Waals surface area contributed by atoms with Crippen LogP contribution in [0.5, 0.6) is 11.5 Å². The first kappa shape index (κ1) is 19.1. The third-order valence-corrected chi connectivity index (χ3v) is 5.01. The lowest BCUT2D eigenvalue weighted by molar-refractivity contribution is -0.111. The molecule has 0 aliphatic rings. The molecule has 0 saturated carbocycles. The van der Waals surface area contributed by atoms with Gasteiger partial charge in [0.2, 0.25) is 5.91 Å². The summed E-state index contributed by atoms with van der Waals surface area (Å²) in [5, 5.41) is 5.23. The normalized spacial score (nSPS) is 10.8. The number of thiazole rings is 1. The Bertz CT molecular complexity index is 968. The van der Waals surface area contributed by atoms with Gasteiger partial charge < -0.3 is 9.47 Å². The Hall–Kier alpha value is -2.64. The first-order valence-corrected chi connectivity index (χ1v) is 9.69. The van der Waals surface area contributed by atoms with Crippen LogP contribution in [-0.2, 0) is 4.79 Å². The molecule has 0 bridgehead atoms. The molecule has 0 aliphatic carbocycles. The summed E-state index contributed by atoms with van der Waals surface area (Å²) in [5.74, 6) is 0.923. The summed E-state index contributed by atoms with van der Waals surface area (Å²) in [5.41, 5.74) is 2.56. The average Bonchev–Trinajstić information content (AvgIpc) is 3.14. The van der Waals surface area contributed by atoms with E-state index in [1.807, 2.05) is 41.8 Å². The molecule has 7 heteroatoms. The lowest BCUT2D eigenvalue weighted by Gasteiger charge is -2.09. The van der Waals surface area contributed by atoms with Gasteiger partial charge in [0.1, 0.15) is 0 Å². The lowest BCUT2D eigenvalue weighted by Crippen LogP contribution is -2.07. The molecule has 1 heterocycles. The number of halogens is 1. The zero-order chi connectivity index (χ0) is 19.2. The number of anilines is 1. The van der Waals surface area contributed by atoms with E-state index in [0.29, 0.717) is 16.6 Å². The molecule has 3 aromatic rings. The van der Waals surface area contributed by atoms with E-state index in [-0.39, 0.29) is 5.91 Å². The van der Waals surface area contributed by atoms with E-state index < -0.39 is 0 Å². The number of hydrogen-bond acceptors (Lipinski definition) is 5. The molecule has 2 aromatic carbocycles. The van der Waals surface area contributed by atoms with E-state index in [9.17, 15) is 4.79 Å². The van der Waals surface area contributed by atoms with Crippen LogP contribution in [0.15, 0.2) is 58.4 Å². The predicted molar refractivity (Wildman–Crippen MR) is 112 cm³/mol. The number of methoxy groups -OCH3 is 2. The van der Waals surface area contributed by atoms with Crippen LogP contribution in [-0.4, -0.2) is 25.1 Å². The minimum Gasteiger partial charge on any atom is -0.493 e. The molecule has 0 radical (unpaired) electrons. The van der Waals surface area contributed by atoms with E-state index in [2.05, 4.69) is 26.2 Å². The number of nitrogens with zero attached hydrogens (tertiary/aromatic N) is 1. The summed E-state index contributed by atoms with van der Waals surface area (Å²) < 4.78 is 11.6. The molecule has 0 aliphatic heterocycles. The highest BCUT2D eigenvalue weighted by Crippen LogP contribution is 2.31. The number of nitrogens with one attached hydrogen (secondary N) is 1. The highest BCUT2D eigenvalue weighted by atomic mass is 79.9. The second-order valence-corrected chi connectivity index (χ2v) is 7.22. The Balaban J connectivity index is 1.70. The second-order valence-electron chi connectivity index (χ2n) is 5.45. The van der Waals surface area contributed by atoms with E-state index in [4.69, 9.17) is 9.47 Å². The third-order valence-electron chi connectivity index (χ3n) is 3.72. The van der Waals surface area contributed by atoms with E-state index in [0.717, 1.165) is 21.3 Å². The molecule has 1 N–H and O–H groups in total. The summed E-state index contributed by atoms with van der Waals surface area (Å²) in [6.45, 7) is 0. The Morgan fingerprint density at radius 3 is 2.63 bits per heavy atom. The van der Waals surface area contributed by atoms with Gasteiger partial charge in [-0.1, -0.05) is 40.2 Å². The van der Waals surface area contributed by atoms with Crippen LogP contribution < -0.4 is 14.8 Å². The maximum absolute atomic E-state index is 12.2. The van der Waals surface area contributed by atoms with Crippen LogP contribution in [0.4, 0.5) is 5.13 Å². The number of ether oxygens (including phenoxy) is 2. The molecule has 1 amide bonds. The summed E-state index contributed by atoms with van der Waals surface area (Å²) in [6, 6.07) is 13.3.